The molecule has 1 aromatic heterocycles. The quantitative estimate of drug-likeness (QED) is 0.230. The Bertz CT molecular complexity index is 1470. The molecule has 198 valence electrons. The lowest BCUT2D eigenvalue weighted by molar-refractivity contribution is -0.137. The fourth-order valence-corrected chi connectivity index (χ4v) is 4.44. The number of benzene rings is 3. The number of aromatic nitrogens is 2. The summed E-state index contributed by atoms with van der Waals surface area (Å²) in [7, 11) is 0. The first kappa shape index (κ1) is 27.1. The maximum absolute atomic E-state index is 13.5. The Hall–Kier alpha value is -3.92. The van der Waals surface area contributed by atoms with Crippen molar-refractivity contribution in [2.75, 3.05) is 6.54 Å². The summed E-state index contributed by atoms with van der Waals surface area (Å²) in [6.07, 6.45) is -4.39. The van der Waals surface area contributed by atoms with Gasteiger partial charge >= 0.3 is 12.1 Å². The fraction of sp³-hybridized carbons (Fsp3) is 0.222. The van der Waals surface area contributed by atoms with Crippen molar-refractivity contribution in [2.45, 2.75) is 31.5 Å². The molecule has 2 N–H and O–H groups in total. The molecular formula is C27H22ClF4N3O3. The molecule has 4 aromatic rings. The predicted octanol–water partition coefficient (Wildman–Crippen LogP) is 6.63. The fourth-order valence-electron chi connectivity index (χ4n) is 4.16. The number of carbonyl (C=O) groups is 2. The van der Waals surface area contributed by atoms with Crippen LogP contribution in [-0.2, 0) is 4.79 Å². The van der Waals surface area contributed by atoms with Gasteiger partial charge in [-0.2, -0.15) is 18.3 Å². The van der Waals surface area contributed by atoms with Gasteiger partial charge in [0.05, 0.1) is 29.2 Å². The normalized spacial score (nSPS) is 12.4. The number of aliphatic carboxylic acids is 1. The van der Waals surface area contributed by atoms with Crippen molar-refractivity contribution in [1.29, 1.82) is 0 Å². The first-order valence-corrected chi connectivity index (χ1v) is 12.0. The van der Waals surface area contributed by atoms with Gasteiger partial charge in [-0.15, -0.1) is 0 Å². The molecule has 0 radical (unpaired) electrons. The second-order valence-electron chi connectivity index (χ2n) is 8.68. The number of nitrogens with zero attached hydrogens (tertiary/aromatic N) is 2. The highest BCUT2D eigenvalue weighted by Gasteiger charge is 2.30. The monoisotopic (exact) mass is 547 g/mol. The molecule has 0 bridgehead atoms. The number of hydrogen-bond acceptors (Lipinski definition) is 3. The van der Waals surface area contributed by atoms with Crippen molar-refractivity contribution < 1.29 is 32.3 Å². The first-order valence-electron chi connectivity index (χ1n) is 11.6. The number of alkyl halides is 3. The maximum atomic E-state index is 13.5. The third-order valence-corrected chi connectivity index (χ3v) is 6.33. The van der Waals surface area contributed by atoms with E-state index in [9.17, 15) is 27.2 Å². The largest absolute Gasteiger partial charge is 0.481 e. The molecule has 0 spiro atoms. The summed E-state index contributed by atoms with van der Waals surface area (Å²) in [6, 6.07) is 14.6. The molecule has 1 heterocycles. The van der Waals surface area contributed by atoms with Crippen molar-refractivity contribution in [3.05, 3.63) is 88.8 Å². The van der Waals surface area contributed by atoms with Gasteiger partial charge in [-0.3, -0.25) is 14.3 Å². The highest BCUT2D eigenvalue weighted by atomic mass is 35.5. The van der Waals surface area contributed by atoms with Crippen molar-refractivity contribution >= 4 is 34.4 Å². The zero-order valence-corrected chi connectivity index (χ0v) is 20.6. The van der Waals surface area contributed by atoms with Crippen LogP contribution in [-0.4, -0.2) is 39.5 Å². The molecule has 1 unspecified atom stereocenters. The minimum absolute atomic E-state index is 0.0471. The summed E-state index contributed by atoms with van der Waals surface area (Å²) in [6.45, 7) is -0.0471. The standard InChI is InChI=1S/C27H22ClF4N3O3/c28-22-14-20(29)6-7-21(22)18-5-8-23-19(13-18)15-34-35(23)24(9-11-27(30,31)32)16-1-3-17(4-2-16)26(38)33-12-10-25(36)37/h1-8,13-15,24H,9-12H2,(H,33,38)(H,36,37). The van der Waals surface area contributed by atoms with Gasteiger partial charge in [-0.05, 0) is 60.0 Å². The highest BCUT2D eigenvalue weighted by molar-refractivity contribution is 6.33. The average Bonchev–Trinajstić information content (AvgIpc) is 3.26. The lowest BCUT2D eigenvalue weighted by atomic mass is 9.99. The van der Waals surface area contributed by atoms with E-state index in [0.29, 0.717) is 27.6 Å². The van der Waals surface area contributed by atoms with Crippen LogP contribution in [0.25, 0.3) is 22.0 Å². The van der Waals surface area contributed by atoms with Crippen molar-refractivity contribution in [3.63, 3.8) is 0 Å². The van der Waals surface area contributed by atoms with E-state index in [1.807, 2.05) is 0 Å². The SMILES string of the molecule is O=C(O)CCNC(=O)c1ccc(C(CCC(F)(F)F)n2ncc3cc(-c4ccc(F)cc4Cl)ccc32)cc1. The Labute approximate surface area is 219 Å². The third kappa shape index (κ3) is 6.49. The van der Waals surface area contributed by atoms with Crippen LogP contribution >= 0.6 is 11.6 Å². The molecule has 1 atom stereocenters. The Kier molecular flexibility index (Phi) is 8.01. The predicted molar refractivity (Wildman–Crippen MR) is 135 cm³/mol. The molecule has 3 aromatic carbocycles. The summed E-state index contributed by atoms with van der Waals surface area (Å²) >= 11 is 6.19. The van der Waals surface area contributed by atoms with E-state index >= 15 is 0 Å². The molecule has 0 saturated heterocycles. The highest BCUT2D eigenvalue weighted by Crippen LogP contribution is 2.35. The van der Waals surface area contributed by atoms with Gasteiger partial charge in [-0.25, -0.2) is 4.39 Å². The van der Waals surface area contributed by atoms with Crippen LogP contribution in [0.5, 0.6) is 0 Å². The second-order valence-corrected chi connectivity index (χ2v) is 9.09. The molecule has 1 amide bonds. The number of carboxylic acids is 1. The van der Waals surface area contributed by atoms with E-state index in [1.165, 1.54) is 28.9 Å². The topological polar surface area (TPSA) is 84.2 Å². The number of amides is 1. The number of rotatable bonds is 9. The first-order chi connectivity index (χ1) is 18.0. The van der Waals surface area contributed by atoms with Gasteiger partial charge in [0.25, 0.3) is 5.91 Å². The summed E-state index contributed by atoms with van der Waals surface area (Å²) in [4.78, 5) is 22.9. The smallest absolute Gasteiger partial charge is 0.389 e. The van der Waals surface area contributed by atoms with Gasteiger partial charge in [0.15, 0.2) is 0 Å². The Morgan fingerprint density at radius 3 is 2.45 bits per heavy atom. The molecule has 4 rings (SSSR count). The summed E-state index contributed by atoms with van der Waals surface area (Å²) in [5, 5.41) is 16.5. The zero-order valence-electron chi connectivity index (χ0n) is 19.8. The Balaban J connectivity index is 1.64. The molecule has 11 heteroatoms. The van der Waals surface area contributed by atoms with E-state index in [1.54, 1.807) is 42.6 Å². The lowest BCUT2D eigenvalue weighted by Crippen LogP contribution is -2.26. The van der Waals surface area contributed by atoms with Crippen LogP contribution in [0.15, 0.2) is 66.9 Å². The Morgan fingerprint density at radius 2 is 1.79 bits per heavy atom. The summed E-state index contributed by atoms with van der Waals surface area (Å²) in [5.74, 6) is -2.00. The van der Waals surface area contributed by atoms with E-state index in [-0.39, 0.29) is 30.0 Å². The molecule has 0 aliphatic carbocycles. The molecule has 0 saturated carbocycles. The van der Waals surface area contributed by atoms with Crippen LogP contribution in [0.3, 0.4) is 0 Å². The van der Waals surface area contributed by atoms with Gasteiger partial charge in [0.1, 0.15) is 5.82 Å². The van der Waals surface area contributed by atoms with Gasteiger partial charge in [-0.1, -0.05) is 29.8 Å². The second kappa shape index (κ2) is 11.2. The Morgan fingerprint density at radius 1 is 1.05 bits per heavy atom. The van der Waals surface area contributed by atoms with E-state index in [0.717, 1.165) is 0 Å². The number of hydrogen-bond donors (Lipinski definition) is 2. The van der Waals surface area contributed by atoms with Crippen LogP contribution in [0.2, 0.25) is 5.02 Å². The summed E-state index contributed by atoms with van der Waals surface area (Å²) < 4.78 is 54.5. The third-order valence-electron chi connectivity index (χ3n) is 6.02. The minimum atomic E-state index is -4.38. The lowest BCUT2D eigenvalue weighted by Gasteiger charge is -2.20. The number of carbonyl (C=O) groups excluding carboxylic acids is 1. The molecule has 0 aliphatic rings. The van der Waals surface area contributed by atoms with Gasteiger partial charge < -0.3 is 10.4 Å². The number of halogens is 5. The molecular weight excluding hydrogens is 526 g/mol. The van der Waals surface area contributed by atoms with E-state index < -0.39 is 36.3 Å². The average molecular weight is 548 g/mol. The van der Waals surface area contributed by atoms with Crippen molar-refractivity contribution in [3.8, 4) is 11.1 Å². The van der Waals surface area contributed by atoms with Crippen LogP contribution in [0, 0.1) is 5.82 Å². The van der Waals surface area contributed by atoms with Gasteiger partial charge in [0, 0.05) is 29.5 Å². The van der Waals surface area contributed by atoms with Crippen molar-refractivity contribution in [2.24, 2.45) is 0 Å². The molecule has 0 aliphatic heterocycles. The van der Waals surface area contributed by atoms with Gasteiger partial charge in [0.2, 0.25) is 0 Å². The van der Waals surface area contributed by atoms with Crippen LogP contribution < -0.4 is 5.32 Å². The van der Waals surface area contributed by atoms with Crippen LogP contribution in [0.1, 0.15) is 41.2 Å². The molecule has 6 nitrogen and oxygen atoms in total. The van der Waals surface area contributed by atoms with E-state index in [4.69, 9.17) is 16.7 Å². The van der Waals surface area contributed by atoms with Crippen molar-refractivity contribution in [1.82, 2.24) is 15.1 Å². The van der Waals surface area contributed by atoms with E-state index in [2.05, 4.69) is 10.4 Å². The summed E-state index contributed by atoms with van der Waals surface area (Å²) in [5.41, 5.74) is 2.67. The maximum Gasteiger partial charge on any atom is 0.389 e. The number of carboxylic acid groups (broad SMARTS) is 1. The molecule has 38 heavy (non-hydrogen) atoms. The number of nitrogens with one attached hydrogen (secondary N) is 1. The minimum Gasteiger partial charge on any atom is -0.481 e. The van der Waals surface area contributed by atoms with Crippen LogP contribution in [0.4, 0.5) is 17.6 Å². The molecule has 0 fully saturated rings. The number of fused-ring (bicyclic) bond motifs is 1. The zero-order chi connectivity index (χ0) is 27.4.